The van der Waals surface area contributed by atoms with Crippen LogP contribution in [-0.2, 0) is 20.7 Å². The molecule has 0 spiro atoms. The van der Waals surface area contributed by atoms with Gasteiger partial charge in [-0.2, -0.15) is 0 Å². The minimum Gasteiger partial charge on any atom is -0.491 e. The lowest BCUT2D eigenvalue weighted by atomic mass is 9.93. The first-order valence-corrected chi connectivity index (χ1v) is 13.1. The van der Waals surface area contributed by atoms with Gasteiger partial charge >= 0.3 is 5.97 Å². The summed E-state index contributed by atoms with van der Waals surface area (Å²) in [6.07, 6.45) is 3.58. The molecule has 2 unspecified atom stereocenters. The number of rotatable bonds is 10. The molecule has 0 saturated carbocycles. The molecule has 0 saturated heterocycles. The molecular weight excluding hydrogens is 488 g/mol. The van der Waals surface area contributed by atoms with E-state index in [9.17, 15) is 9.90 Å². The Balaban J connectivity index is 1.29. The summed E-state index contributed by atoms with van der Waals surface area (Å²) in [7, 11) is 1.40. The Hall–Kier alpha value is -4.19. The summed E-state index contributed by atoms with van der Waals surface area (Å²) in [5, 5.41) is 9.19. The van der Waals surface area contributed by atoms with Gasteiger partial charge in [-0.25, -0.2) is 4.79 Å². The molecule has 0 bridgehead atoms. The van der Waals surface area contributed by atoms with Crippen molar-refractivity contribution in [3.8, 4) is 16.9 Å². The van der Waals surface area contributed by atoms with Crippen molar-refractivity contribution < 1.29 is 24.1 Å². The average molecular weight is 521 g/mol. The summed E-state index contributed by atoms with van der Waals surface area (Å²) in [5.41, 5.74) is 9.00. The Bertz CT molecular complexity index is 1460. The minimum atomic E-state index is -0.974. The molecular formula is C34H32O5. The van der Waals surface area contributed by atoms with E-state index in [0.29, 0.717) is 25.4 Å². The van der Waals surface area contributed by atoms with E-state index in [1.165, 1.54) is 23.8 Å². The van der Waals surface area contributed by atoms with Crippen LogP contribution in [0.5, 0.6) is 5.75 Å². The number of hydrogen-bond donors (Lipinski definition) is 1. The number of aryl methyl sites for hydroxylation is 1. The number of carbonyl (C=O) groups is 1. The molecule has 1 N–H and O–H groups in total. The topological polar surface area (TPSA) is 65.0 Å². The summed E-state index contributed by atoms with van der Waals surface area (Å²) in [6.45, 7) is 2.90. The zero-order valence-electron chi connectivity index (χ0n) is 22.2. The molecule has 5 heteroatoms. The Kier molecular flexibility index (Phi) is 8.21. The lowest BCUT2D eigenvalue weighted by Gasteiger charge is -2.22. The lowest BCUT2D eigenvalue weighted by molar-refractivity contribution is -0.148. The highest BCUT2D eigenvalue weighted by Gasteiger charge is 2.23. The van der Waals surface area contributed by atoms with Gasteiger partial charge in [0.05, 0.1) is 6.61 Å². The van der Waals surface area contributed by atoms with Gasteiger partial charge in [-0.05, 0) is 64.1 Å². The lowest BCUT2D eigenvalue weighted by Crippen LogP contribution is -2.24. The fourth-order valence-electron chi connectivity index (χ4n) is 4.90. The highest BCUT2D eigenvalue weighted by Crippen LogP contribution is 2.37. The summed E-state index contributed by atoms with van der Waals surface area (Å²) in [5.74, 6) is -0.267. The van der Waals surface area contributed by atoms with Crippen molar-refractivity contribution in [1.82, 2.24) is 0 Å². The first-order chi connectivity index (χ1) is 19.0. The number of aliphatic carboxylic acids is 1. The van der Waals surface area contributed by atoms with Gasteiger partial charge in [-0.15, -0.1) is 0 Å². The van der Waals surface area contributed by atoms with Crippen molar-refractivity contribution in [2.75, 3.05) is 20.3 Å². The number of carboxylic acids is 1. The first-order valence-electron chi connectivity index (χ1n) is 13.1. The molecule has 39 heavy (non-hydrogen) atoms. The molecule has 1 aliphatic rings. The minimum absolute atomic E-state index is 0.219. The second-order valence-electron chi connectivity index (χ2n) is 9.69. The van der Waals surface area contributed by atoms with E-state index in [1.807, 2.05) is 30.3 Å². The largest absolute Gasteiger partial charge is 0.491 e. The Morgan fingerprint density at radius 2 is 1.51 bits per heavy atom. The number of hydrogen-bond acceptors (Lipinski definition) is 4. The number of carboxylic acid groups (broad SMARTS) is 1. The maximum atomic E-state index is 11.2. The van der Waals surface area contributed by atoms with E-state index in [4.69, 9.17) is 14.2 Å². The van der Waals surface area contributed by atoms with E-state index in [2.05, 4.69) is 79.7 Å². The summed E-state index contributed by atoms with van der Waals surface area (Å²) in [4.78, 5) is 11.2. The van der Waals surface area contributed by atoms with Gasteiger partial charge in [0.25, 0.3) is 0 Å². The Morgan fingerprint density at radius 3 is 2.21 bits per heavy atom. The van der Waals surface area contributed by atoms with Crippen molar-refractivity contribution in [1.29, 1.82) is 0 Å². The maximum Gasteiger partial charge on any atom is 0.333 e. The van der Waals surface area contributed by atoms with Crippen LogP contribution in [0.25, 0.3) is 23.3 Å². The highest BCUT2D eigenvalue weighted by molar-refractivity contribution is 5.79. The van der Waals surface area contributed by atoms with Crippen LogP contribution in [0.4, 0.5) is 0 Å². The molecule has 0 fully saturated rings. The van der Waals surface area contributed by atoms with Crippen LogP contribution >= 0.6 is 0 Å². The van der Waals surface area contributed by atoms with Crippen molar-refractivity contribution >= 4 is 18.1 Å². The van der Waals surface area contributed by atoms with Gasteiger partial charge in [0, 0.05) is 13.5 Å². The zero-order valence-corrected chi connectivity index (χ0v) is 22.2. The fraction of sp³-hybridized carbons (Fsp3) is 0.206. The van der Waals surface area contributed by atoms with Gasteiger partial charge in [0.15, 0.2) is 6.10 Å². The molecule has 1 aliphatic carbocycles. The standard InChI is InChI=1S/C34H32O5/c1-23-8-16-30-27(20-23)11-12-28-22-26(25-6-4-3-5-7-25)13-17-31(28)33(30)39-19-18-38-29-14-9-24(10-15-29)21-32(37-2)34(35)36/h3-17,20,22,32-33H,18-19,21H2,1-2H3,(H,35,36). The molecule has 4 aromatic rings. The molecule has 2 atom stereocenters. The van der Waals surface area contributed by atoms with Crippen LogP contribution < -0.4 is 4.74 Å². The van der Waals surface area contributed by atoms with Crippen LogP contribution in [0.3, 0.4) is 0 Å². The van der Waals surface area contributed by atoms with E-state index in [-0.39, 0.29) is 6.10 Å². The number of ether oxygens (including phenoxy) is 3. The molecule has 0 radical (unpaired) electrons. The summed E-state index contributed by atoms with van der Waals surface area (Å²) >= 11 is 0. The number of fused-ring (bicyclic) bond motifs is 2. The van der Waals surface area contributed by atoms with Gasteiger partial charge in [0.1, 0.15) is 18.5 Å². The van der Waals surface area contributed by atoms with Crippen LogP contribution in [0.2, 0.25) is 0 Å². The SMILES string of the molecule is COC(Cc1ccc(OCCOC2c3ccc(C)cc3C=Cc3cc(-c4ccccc4)ccc32)cc1)C(=O)O. The van der Waals surface area contributed by atoms with Gasteiger partial charge in [-0.1, -0.05) is 90.5 Å². The predicted octanol–water partition coefficient (Wildman–Crippen LogP) is 6.97. The van der Waals surface area contributed by atoms with E-state index >= 15 is 0 Å². The Morgan fingerprint density at radius 1 is 0.821 bits per heavy atom. The molecule has 4 aromatic carbocycles. The highest BCUT2D eigenvalue weighted by atomic mass is 16.5. The van der Waals surface area contributed by atoms with E-state index in [0.717, 1.165) is 27.8 Å². The first kappa shape index (κ1) is 26.4. The van der Waals surface area contributed by atoms with Crippen LogP contribution in [0.15, 0.2) is 91.0 Å². The van der Waals surface area contributed by atoms with Crippen LogP contribution in [0.1, 0.15) is 39.5 Å². The molecule has 5 nitrogen and oxygen atoms in total. The predicted molar refractivity (Wildman–Crippen MR) is 154 cm³/mol. The summed E-state index contributed by atoms with van der Waals surface area (Å²) in [6, 6.07) is 30.9. The maximum absolute atomic E-state index is 11.2. The van der Waals surface area contributed by atoms with Crippen LogP contribution in [-0.4, -0.2) is 37.5 Å². The Labute approximate surface area is 229 Å². The fourth-order valence-corrected chi connectivity index (χ4v) is 4.90. The molecule has 198 valence electrons. The molecule has 5 rings (SSSR count). The van der Waals surface area contributed by atoms with E-state index < -0.39 is 12.1 Å². The quantitative estimate of drug-likeness (QED) is 0.229. The van der Waals surface area contributed by atoms with E-state index in [1.54, 1.807) is 0 Å². The molecule has 0 aliphatic heterocycles. The monoisotopic (exact) mass is 520 g/mol. The third kappa shape index (κ3) is 6.28. The third-order valence-electron chi connectivity index (χ3n) is 6.98. The normalized spacial score (nSPS) is 14.7. The second-order valence-corrected chi connectivity index (χ2v) is 9.69. The average Bonchev–Trinajstić information content (AvgIpc) is 3.11. The van der Waals surface area contributed by atoms with Crippen molar-refractivity contribution in [2.24, 2.45) is 0 Å². The molecule has 0 heterocycles. The third-order valence-corrected chi connectivity index (χ3v) is 6.98. The second kappa shape index (κ2) is 12.1. The molecule has 0 amide bonds. The summed E-state index contributed by atoms with van der Waals surface area (Å²) < 4.78 is 17.5. The van der Waals surface area contributed by atoms with Crippen LogP contribution in [0, 0.1) is 6.92 Å². The van der Waals surface area contributed by atoms with Gasteiger partial charge < -0.3 is 19.3 Å². The van der Waals surface area contributed by atoms with Crippen molar-refractivity contribution in [3.05, 3.63) is 124 Å². The number of methoxy groups -OCH3 is 1. The zero-order chi connectivity index (χ0) is 27.2. The molecule has 0 aromatic heterocycles. The van der Waals surface area contributed by atoms with Crippen molar-refractivity contribution in [2.45, 2.75) is 25.6 Å². The number of benzene rings is 4. The van der Waals surface area contributed by atoms with Gasteiger partial charge in [-0.3, -0.25) is 0 Å². The smallest absolute Gasteiger partial charge is 0.333 e. The van der Waals surface area contributed by atoms with Crippen molar-refractivity contribution in [3.63, 3.8) is 0 Å². The van der Waals surface area contributed by atoms with Gasteiger partial charge in [0.2, 0.25) is 0 Å².